The van der Waals surface area contributed by atoms with Gasteiger partial charge in [-0.05, 0) is 18.2 Å². The topological polar surface area (TPSA) is 94.2 Å². The van der Waals surface area contributed by atoms with Crippen molar-refractivity contribution in [3.63, 3.8) is 0 Å². The molecule has 8 nitrogen and oxygen atoms in total. The molecule has 3 rings (SSSR count). The van der Waals surface area contributed by atoms with Gasteiger partial charge < -0.3 is 23.9 Å². The average Bonchev–Trinajstić information content (AvgIpc) is 3.18. The highest BCUT2D eigenvalue weighted by Crippen LogP contribution is 2.41. The number of aromatic amines is 1. The second-order valence-electron chi connectivity index (χ2n) is 5.73. The number of hydrazone groups is 1. The molecular weight excluding hydrogens is 362 g/mol. The molecule has 0 aliphatic rings. The fraction of sp³-hybridized carbons (Fsp3) is 0.200. The summed E-state index contributed by atoms with van der Waals surface area (Å²) >= 11 is 0. The highest BCUT2D eigenvalue weighted by Gasteiger charge is 2.19. The summed E-state index contributed by atoms with van der Waals surface area (Å²) in [4.78, 5) is 15.6. The number of ether oxygens (including phenoxy) is 4. The van der Waals surface area contributed by atoms with Gasteiger partial charge in [0, 0.05) is 17.0 Å². The number of methoxy groups -OCH3 is 4. The Balaban J connectivity index is 1.89. The lowest BCUT2D eigenvalue weighted by Crippen LogP contribution is -2.17. The van der Waals surface area contributed by atoms with E-state index in [-0.39, 0.29) is 0 Å². The monoisotopic (exact) mass is 383 g/mol. The van der Waals surface area contributed by atoms with Crippen molar-refractivity contribution < 1.29 is 23.7 Å². The number of para-hydroxylation sites is 1. The lowest BCUT2D eigenvalue weighted by molar-refractivity contribution is 0.0951. The molecule has 1 heterocycles. The van der Waals surface area contributed by atoms with Gasteiger partial charge in [0.25, 0.3) is 5.91 Å². The van der Waals surface area contributed by atoms with Gasteiger partial charge in [0.2, 0.25) is 0 Å². The molecule has 1 amide bonds. The Morgan fingerprint density at radius 3 is 2.36 bits per heavy atom. The highest BCUT2D eigenvalue weighted by atomic mass is 16.5. The standard InChI is InChI=1S/C20H21N3O5/c1-25-15-8-6-5-7-12(15)11-21-23-20(24)14-9-13-16(26-2)10-17(27-3)19(28-4)18(13)22-14/h5-11,22H,1-4H3,(H,23,24)/b21-11-. The van der Waals surface area contributed by atoms with Crippen LogP contribution in [0.3, 0.4) is 0 Å². The summed E-state index contributed by atoms with van der Waals surface area (Å²) in [7, 11) is 6.18. The van der Waals surface area contributed by atoms with Crippen molar-refractivity contribution in [2.45, 2.75) is 0 Å². The Morgan fingerprint density at radius 1 is 0.964 bits per heavy atom. The third-order valence-corrected chi connectivity index (χ3v) is 4.19. The molecule has 0 aliphatic carbocycles. The van der Waals surface area contributed by atoms with Gasteiger partial charge in [-0.15, -0.1) is 0 Å². The number of aromatic nitrogens is 1. The van der Waals surface area contributed by atoms with E-state index in [0.29, 0.717) is 39.6 Å². The largest absolute Gasteiger partial charge is 0.496 e. The van der Waals surface area contributed by atoms with Crippen LogP contribution in [0.4, 0.5) is 0 Å². The maximum atomic E-state index is 12.5. The Kier molecular flexibility index (Phi) is 5.69. The molecular formula is C20H21N3O5. The molecule has 0 spiro atoms. The number of hydrogen-bond acceptors (Lipinski definition) is 6. The van der Waals surface area contributed by atoms with E-state index in [2.05, 4.69) is 15.5 Å². The molecule has 1 aromatic heterocycles. The van der Waals surface area contributed by atoms with Crippen molar-refractivity contribution >= 4 is 23.0 Å². The highest BCUT2D eigenvalue weighted by molar-refractivity contribution is 6.02. The number of benzene rings is 2. The van der Waals surface area contributed by atoms with Gasteiger partial charge in [-0.1, -0.05) is 12.1 Å². The maximum Gasteiger partial charge on any atom is 0.287 e. The first-order valence-electron chi connectivity index (χ1n) is 8.41. The summed E-state index contributed by atoms with van der Waals surface area (Å²) in [6, 6.07) is 10.7. The van der Waals surface area contributed by atoms with E-state index in [1.54, 1.807) is 26.4 Å². The van der Waals surface area contributed by atoms with E-state index in [4.69, 9.17) is 18.9 Å². The molecule has 0 saturated heterocycles. The summed E-state index contributed by atoms with van der Waals surface area (Å²) in [5.41, 5.74) is 4.14. The molecule has 3 aromatic rings. The zero-order chi connectivity index (χ0) is 20.1. The molecule has 28 heavy (non-hydrogen) atoms. The van der Waals surface area contributed by atoms with E-state index < -0.39 is 5.91 Å². The van der Waals surface area contributed by atoms with Crippen molar-refractivity contribution in [3.05, 3.63) is 47.7 Å². The third kappa shape index (κ3) is 3.57. The van der Waals surface area contributed by atoms with Crippen LogP contribution in [0.1, 0.15) is 16.1 Å². The van der Waals surface area contributed by atoms with E-state index in [1.165, 1.54) is 20.4 Å². The Labute approximate surface area is 162 Å². The molecule has 8 heteroatoms. The second kappa shape index (κ2) is 8.34. The minimum absolute atomic E-state index is 0.303. The van der Waals surface area contributed by atoms with Crippen molar-refractivity contribution in [3.8, 4) is 23.0 Å². The van der Waals surface area contributed by atoms with Crippen LogP contribution in [0.5, 0.6) is 23.0 Å². The molecule has 0 bridgehead atoms. The van der Waals surface area contributed by atoms with Gasteiger partial charge in [-0.25, -0.2) is 5.43 Å². The van der Waals surface area contributed by atoms with Crippen LogP contribution in [0, 0.1) is 0 Å². The molecule has 0 aliphatic heterocycles. The van der Waals surface area contributed by atoms with Gasteiger partial charge in [0.1, 0.15) is 17.2 Å². The van der Waals surface area contributed by atoms with Crippen LogP contribution in [0.2, 0.25) is 0 Å². The van der Waals surface area contributed by atoms with Gasteiger partial charge in [0.05, 0.1) is 40.2 Å². The van der Waals surface area contributed by atoms with Crippen LogP contribution in [-0.4, -0.2) is 45.5 Å². The van der Waals surface area contributed by atoms with Crippen LogP contribution in [0.25, 0.3) is 10.9 Å². The summed E-state index contributed by atoms with van der Waals surface area (Å²) in [6.45, 7) is 0. The van der Waals surface area contributed by atoms with Crippen molar-refractivity contribution in [2.24, 2.45) is 5.10 Å². The molecule has 0 atom stereocenters. The Morgan fingerprint density at radius 2 is 1.68 bits per heavy atom. The van der Waals surface area contributed by atoms with Gasteiger partial charge >= 0.3 is 0 Å². The number of fused-ring (bicyclic) bond motifs is 1. The average molecular weight is 383 g/mol. The Bertz CT molecular complexity index is 1030. The summed E-state index contributed by atoms with van der Waals surface area (Å²) in [6.07, 6.45) is 1.52. The first-order chi connectivity index (χ1) is 13.6. The smallest absolute Gasteiger partial charge is 0.287 e. The molecule has 2 N–H and O–H groups in total. The maximum absolute atomic E-state index is 12.5. The molecule has 0 fully saturated rings. The first-order valence-corrected chi connectivity index (χ1v) is 8.41. The number of H-pyrrole nitrogens is 1. The van der Waals surface area contributed by atoms with E-state index in [0.717, 1.165) is 5.56 Å². The molecule has 0 saturated carbocycles. The van der Waals surface area contributed by atoms with Gasteiger partial charge in [-0.2, -0.15) is 5.10 Å². The summed E-state index contributed by atoms with van der Waals surface area (Å²) in [5.74, 6) is 1.78. The number of nitrogens with zero attached hydrogens (tertiary/aromatic N) is 1. The van der Waals surface area contributed by atoms with E-state index in [1.807, 2.05) is 24.3 Å². The normalized spacial score (nSPS) is 10.9. The number of carbonyl (C=O) groups is 1. The minimum Gasteiger partial charge on any atom is -0.496 e. The van der Waals surface area contributed by atoms with Gasteiger partial charge in [0.15, 0.2) is 11.5 Å². The zero-order valence-corrected chi connectivity index (χ0v) is 16.0. The summed E-state index contributed by atoms with van der Waals surface area (Å²) in [5, 5.41) is 4.70. The fourth-order valence-corrected chi connectivity index (χ4v) is 2.85. The van der Waals surface area contributed by atoms with Crippen LogP contribution in [-0.2, 0) is 0 Å². The zero-order valence-electron chi connectivity index (χ0n) is 16.0. The van der Waals surface area contributed by atoms with Gasteiger partial charge in [-0.3, -0.25) is 4.79 Å². The molecule has 0 unspecified atom stereocenters. The summed E-state index contributed by atoms with van der Waals surface area (Å²) < 4.78 is 21.4. The first kappa shape index (κ1) is 19.1. The quantitative estimate of drug-likeness (QED) is 0.483. The fourth-order valence-electron chi connectivity index (χ4n) is 2.85. The van der Waals surface area contributed by atoms with E-state index >= 15 is 0 Å². The lowest BCUT2D eigenvalue weighted by atomic mass is 10.2. The van der Waals surface area contributed by atoms with Crippen molar-refractivity contribution in [2.75, 3.05) is 28.4 Å². The second-order valence-corrected chi connectivity index (χ2v) is 5.73. The SMILES string of the molecule is COc1ccccc1/C=N\NC(=O)c1cc2c(OC)cc(OC)c(OC)c2[nH]1. The predicted molar refractivity (Wildman–Crippen MR) is 106 cm³/mol. The Hall–Kier alpha value is -3.68. The third-order valence-electron chi connectivity index (χ3n) is 4.19. The van der Waals surface area contributed by atoms with Crippen LogP contribution < -0.4 is 24.4 Å². The van der Waals surface area contributed by atoms with E-state index in [9.17, 15) is 4.79 Å². The number of hydrogen-bond donors (Lipinski definition) is 2. The van der Waals surface area contributed by atoms with Crippen molar-refractivity contribution in [1.82, 2.24) is 10.4 Å². The number of carbonyl (C=O) groups excluding carboxylic acids is 1. The number of amides is 1. The van der Waals surface area contributed by atoms with Crippen LogP contribution >= 0.6 is 0 Å². The predicted octanol–water partition coefficient (Wildman–Crippen LogP) is 2.97. The van der Waals surface area contributed by atoms with Crippen molar-refractivity contribution in [1.29, 1.82) is 0 Å². The minimum atomic E-state index is -0.412. The number of nitrogens with one attached hydrogen (secondary N) is 2. The molecule has 146 valence electrons. The lowest BCUT2D eigenvalue weighted by Gasteiger charge is -2.11. The molecule has 0 radical (unpaired) electrons. The van der Waals surface area contributed by atoms with Crippen LogP contribution in [0.15, 0.2) is 41.5 Å². The molecule has 2 aromatic carbocycles. The number of rotatable bonds is 7.